The number of hydrogen-bond acceptors (Lipinski definition) is 4. The van der Waals surface area contributed by atoms with Gasteiger partial charge in [-0.15, -0.1) is 0 Å². The first-order chi connectivity index (χ1) is 29.0. The Hall–Kier alpha value is -0.910. The van der Waals surface area contributed by atoms with Gasteiger partial charge in [0.2, 0.25) is 5.91 Å². The number of aliphatic hydroxyl groups is 3. The van der Waals surface area contributed by atoms with Gasteiger partial charge in [-0.05, 0) is 38.5 Å². The van der Waals surface area contributed by atoms with Crippen LogP contribution in [0.4, 0.5) is 0 Å². The van der Waals surface area contributed by atoms with Gasteiger partial charge in [-0.2, -0.15) is 0 Å². The quantitative estimate of drug-likeness (QED) is 0.0363. The van der Waals surface area contributed by atoms with Gasteiger partial charge in [0.25, 0.3) is 0 Å². The highest BCUT2D eigenvalue weighted by molar-refractivity contribution is 5.76. The average molecular weight is 834 g/mol. The average Bonchev–Trinajstić information content (AvgIpc) is 3.23. The maximum Gasteiger partial charge on any atom is 0.222 e. The Balaban J connectivity index is 3.50. The molecule has 5 nitrogen and oxygen atoms in total. The fraction of sp³-hybridized carbons (Fsp3) is 0.944. The molecule has 0 aromatic carbocycles. The summed E-state index contributed by atoms with van der Waals surface area (Å²) in [5.41, 5.74) is 0. The Morgan fingerprint density at radius 1 is 0.407 bits per heavy atom. The largest absolute Gasteiger partial charge is 0.394 e. The van der Waals surface area contributed by atoms with Gasteiger partial charge < -0.3 is 20.6 Å². The normalized spacial score (nSPS) is 13.4. The van der Waals surface area contributed by atoms with Crippen molar-refractivity contribution < 1.29 is 20.1 Å². The molecule has 1 amide bonds. The van der Waals surface area contributed by atoms with Gasteiger partial charge in [0.15, 0.2) is 0 Å². The number of amides is 1. The zero-order chi connectivity index (χ0) is 43.0. The molecule has 0 aliphatic heterocycles. The van der Waals surface area contributed by atoms with Crippen LogP contribution in [0.2, 0.25) is 0 Å². The summed E-state index contributed by atoms with van der Waals surface area (Å²) in [7, 11) is 0. The van der Waals surface area contributed by atoms with Gasteiger partial charge in [0, 0.05) is 0 Å². The minimum atomic E-state index is -0.746. The van der Waals surface area contributed by atoms with Gasteiger partial charge >= 0.3 is 0 Å². The third-order valence-corrected chi connectivity index (χ3v) is 12.8. The van der Waals surface area contributed by atoms with Crippen LogP contribution < -0.4 is 5.32 Å². The van der Waals surface area contributed by atoms with E-state index >= 15 is 0 Å². The second-order valence-corrected chi connectivity index (χ2v) is 18.8. The van der Waals surface area contributed by atoms with E-state index in [4.69, 9.17) is 0 Å². The lowest BCUT2D eigenvalue weighted by Gasteiger charge is -2.23. The molecule has 0 aromatic rings. The Morgan fingerprint density at radius 2 is 0.678 bits per heavy atom. The highest BCUT2D eigenvalue weighted by Crippen LogP contribution is 2.18. The molecule has 0 heterocycles. The van der Waals surface area contributed by atoms with Crippen molar-refractivity contribution in [3.63, 3.8) is 0 Å². The Kier molecular flexibility index (Phi) is 49.0. The number of carbonyl (C=O) groups excluding carboxylic acids is 1. The molecular weight excluding hydrogens is 727 g/mol. The topological polar surface area (TPSA) is 89.8 Å². The van der Waals surface area contributed by atoms with E-state index in [1.54, 1.807) is 0 Å². The smallest absolute Gasteiger partial charge is 0.222 e. The van der Waals surface area contributed by atoms with Crippen LogP contribution in [0.25, 0.3) is 0 Å². The van der Waals surface area contributed by atoms with E-state index in [-0.39, 0.29) is 18.9 Å². The predicted molar refractivity (Wildman–Crippen MR) is 259 cm³/mol. The lowest BCUT2D eigenvalue weighted by molar-refractivity contribution is -0.125. The van der Waals surface area contributed by atoms with Gasteiger partial charge in [0.05, 0.1) is 31.3 Å². The van der Waals surface area contributed by atoms with Crippen molar-refractivity contribution in [3.8, 4) is 0 Å². The highest BCUT2D eigenvalue weighted by Gasteiger charge is 2.21. The van der Waals surface area contributed by atoms with Crippen LogP contribution >= 0.6 is 0 Å². The minimum Gasteiger partial charge on any atom is -0.394 e. The van der Waals surface area contributed by atoms with Crippen LogP contribution in [0.15, 0.2) is 12.2 Å². The summed E-state index contributed by atoms with van der Waals surface area (Å²) in [6.07, 6.45) is 60.7. The molecule has 0 saturated carbocycles. The first-order valence-electron chi connectivity index (χ1n) is 27.0. The van der Waals surface area contributed by atoms with Gasteiger partial charge in [0.1, 0.15) is 0 Å². The third kappa shape index (κ3) is 46.4. The van der Waals surface area contributed by atoms with Crippen molar-refractivity contribution in [1.82, 2.24) is 5.32 Å². The maximum atomic E-state index is 12.5. The zero-order valence-corrected chi connectivity index (χ0v) is 40.2. The van der Waals surface area contributed by atoms with E-state index in [2.05, 4.69) is 31.3 Å². The monoisotopic (exact) mass is 834 g/mol. The van der Waals surface area contributed by atoms with Crippen molar-refractivity contribution in [3.05, 3.63) is 12.2 Å². The predicted octanol–water partition coefficient (Wildman–Crippen LogP) is 16.3. The van der Waals surface area contributed by atoms with E-state index in [9.17, 15) is 20.1 Å². The molecule has 0 saturated heterocycles. The van der Waals surface area contributed by atoms with Gasteiger partial charge in [-0.3, -0.25) is 4.79 Å². The molecule has 0 bridgehead atoms. The van der Waals surface area contributed by atoms with Crippen molar-refractivity contribution in [2.75, 3.05) is 6.61 Å². The Labute approximate surface area is 369 Å². The van der Waals surface area contributed by atoms with Gasteiger partial charge in [-0.25, -0.2) is 0 Å². The van der Waals surface area contributed by atoms with Crippen LogP contribution in [0.3, 0.4) is 0 Å². The third-order valence-electron chi connectivity index (χ3n) is 12.8. The summed E-state index contributed by atoms with van der Waals surface area (Å²) in [6.45, 7) is 4.29. The number of aliphatic hydroxyl groups excluding tert-OH is 3. The number of carbonyl (C=O) groups is 1. The van der Waals surface area contributed by atoms with E-state index in [1.165, 1.54) is 244 Å². The Bertz CT molecular complexity index is 833. The Morgan fingerprint density at radius 3 is 0.983 bits per heavy atom. The molecule has 3 atom stereocenters. The molecule has 0 aliphatic rings. The molecular formula is C54H107NO4. The molecule has 0 rings (SSSR count). The highest BCUT2D eigenvalue weighted by atomic mass is 16.3. The molecule has 0 spiro atoms. The lowest BCUT2D eigenvalue weighted by Crippen LogP contribution is -2.46. The van der Waals surface area contributed by atoms with Crippen LogP contribution in [0.1, 0.15) is 303 Å². The van der Waals surface area contributed by atoms with E-state index in [0.29, 0.717) is 12.8 Å². The first kappa shape index (κ1) is 58.1. The fourth-order valence-electron chi connectivity index (χ4n) is 8.70. The number of unbranched alkanes of at least 4 members (excludes halogenated alkanes) is 39. The molecule has 0 fully saturated rings. The molecule has 0 aromatic heterocycles. The van der Waals surface area contributed by atoms with Crippen molar-refractivity contribution >= 4 is 5.91 Å². The number of rotatable bonds is 50. The van der Waals surface area contributed by atoms with Crippen LogP contribution in [0, 0.1) is 0 Å². The van der Waals surface area contributed by atoms with Gasteiger partial charge in [-0.1, -0.05) is 270 Å². The summed E-state index contributed by atoms with van der Waals surface area (Å²) in [4.78, 5) is 12.5. The molecule has 4 N–H and O–H groups in total. The standard InChI is InChI=1S/C54H107NO4/c1-3-5-7-9-11-13-15-17-19-21-22-23-24-25-26-27-28-29-30-31-32-33-35-37-39-41-43-45-47-51(57)49-54(59)55-52(50-56)53(58)48-46-44-42-40-38-36-34-20-18-16-14-12-10-8-6-4-2/h25-26,51-53,56-58H,3-24,27-50H2,1-2H3,(H,55,59)/b26-25-. The second kappa shape index (κ2) is 49.7. The van der Waals surface area contributed by atoms with E-state index < -0.39 is 18.2 Å². The van der Waals surface area contributed by atoms with Crippen LogP contribution in [-0.4, -0.2) is 46.1 Å². The molecule has 5 heteroatoms. The molecule has 0 radical (unpaired) electrons. The second-order valence-electron chi connectivity index (χ2n) is 18.8. The summed E-state index contributed by atoms with van der Waals surface area (Å²) in [5, 5.41) is 33.6. The summed E-state index contributed by atoms with van der Waals surface area (Å²) in [5.74, 6) is -0.278. The first-order valence-corrected chi connectivity index (χ1v) is 27.0. The zero-order valence-electron chi connectivity index (χ0n) is 40.2. The van der Waals surface area contributed by atoms with E-state index in [0.717, 1.165) is 25.7 Å². The van der Waals surface area contributed by atoms with Crippen LogP contribution in [-0.2, 0) is 4.79 Å². The minimum absolute atomic E-state index is 0.0402. The molecule has 0 aliphatic carbocycles. The summed E-state index contributed by atoms with van der Waals surface area (Å²) in [6, 6.07) is -0.656. The lowest BCUT2D eigenvalue weighted by atomic mass is 10.0. The van der Waals surface area contributed by atoms with Crippen molar-refractivity contribution in [2.24, 2.45) is 0 Å². The SMILES string of the molecule is CCCCCCCCCCCCCC/C=C\CCCCCCCCCCCCCCC(O)CC(=O)NC(CO)C(O)CCCCCCCCCCCCCCCCCC. The molecule has 59 heavy (non-hydrogen) atoms. The number of allylic oxidation sites excluding steroid dienone is 2. The number of nitrogens with one attached hydrogen (secondary N) is 1. The van der Waals surface area contributed by atoms with Crippen molar-refractivity contribution in [2.45, 2.75) is 321 Å². The molecule has 352 valence electrons. The van der Waals surface area contributed by atoms with Crippen molar-refractivity contribution in [1.29, 1.82) is 0 Å². The number of hydrogen-bond donors (Lipinski definition) is 4. The summed E-state index contributed by atoms with van der Waals surface area (Å²) >= 11 is 0. The molecule has 3 unspecified atom stereocenters. The van der Waals surface area contributed by atoms with Crippen LogP contribution in [0.5, 0.6) is 0 Å². The maximum absolute atomic E-state index is 12.5. The fourth-order valence-corrected chi connectivity index (χ4v) is 8.70. The summed E-state index contributed by atoms with van der Waals surface area (Å²) < 4.78 is 0. The van der Waals surface area contributed by atoms with E-state index in [1.807, 2.05) is 0 Å².